The molecule has 1 fully saturated rings. The Morgan fingerprint density at radius 3 is 2.31 bits per heavy atom. The molecular weight excluding hydrogens is 448 g/mol. The molecule has 0 radical (unpaired) electrons. The topological polar surface area (TPSA) is 101 Å². The van der Waals surface area contributed by atoms with E-state index in [1.54, 1.807) is 55.5 Å². The number of carbonyl (C=O) groups excluding carboxylic acids is 1. The van der Waals surface area contributed by atoms with Gasteiger partial charge < -0.3 is 4.90 Å². The van der Waals surface area contributed by atoms with Gasteiger partial charge in [0.1, 0.15) is 6.04 Å². The molecule has 1 N–H and O–H groups in total. The second-order valence-electron chi connectivity index (χ2n) is 8.67. The number of nitrogens with one attached hydrogen (secondary N) is 1. The number of sulfonamides is 1. The lowest BCUT2D eigenvalue weighted by molar-refractivity contribution is -0.132. The lowest BCUT2D eigenvalue weighted by Gasteiger charge is -2.25. The number of likely N-dealkylation sites (tertiary alicyclic amines) is 1. The van der Waals surface area contributed by atoms with Gasteiger partial charge in [-0.3, -0.25) is 4.79 Å². The van der Waals surface area contributed by atoms with Gasteiger partial charge in [0.25, 0.3) is 0 Å². The summed E-state index contributed by atoms with van der Waals surface area (Å²) < 4.78 is 54.3. The number of aryl methyl sites for hydroxylation is 1. The fraction of sp³-hybridized carbons (Fsp3) is 0.435. The Bertz CT molecular complexity index is 1160. The molecule has 2 atom stereocenters. The van der Waals surface area contributed by atoms with Gasteiger partial charge in [0.15, 0.2) is 9.84 Å². The minimum absolute atomic E-state index is 0.0524. The molecule has 1 heterocycles. The molecule has 0 saturated carbocycles. The first kappa shape index (κ1) is 24.4. The number of rotatable bonds is 8. The highest BCUT2D eigenvalue weighted by atomic mass is 32.2. The van der Waals surface area contributed by atoms with Gasteiger partial charge in [-0.1, -0.05) is 44.2 Å². The normalized spacial score (nSPS) is 18.1. The van der Waals surface area contributed by atoms with Crippen LogP contribution in [0.4, 0.5) is 0 Å². The first-order chi connectivity index (χ1) is 15.0. The standard InChI is InChI=1S/C23H30N2O5S2/c1-17(2)14-22(24-32(29,30)20-11-7-8-18(3)15-20)23(26)25-13-12-21(16-25)31(27,28)19-9-5-4-6-10-19/h4-11,15,17,21-22,24H,12-14,16H2,1-3H3. The van der Waals surface area contributed by atoms with Crippen molar-refractivity contribution in [1.29, 1.82) is 0 Å². The van der Waals surface area contributed by atoms with E-state index in [4.69, 9.17) is 0 Å². The van der Waals surface area contributed by atoms with Gasteiger partial charge in [-0.25, -0.2) is 16.8 Å². The van der Waals surface area contributed by atoms with Crippen LogP contribution in [0.5, 0.6) is 0 Å². The highest BCUT2D eigenvalue weighted by Gasteiger charge is 2.39. The SMILES string of the molecule is Cc1cccc(S(=O)(=O)NC(CC(C)C)C(=O)N2CCC(S(=O)(=O)c3ccccc3)C2)c1. The monoisotopic (exact) mass is 478 g/mol. The van der Waals surface area contributed by atoms with Crippen LogP contribution in [-0.4, -0.2) is 52.0 Å². The fourth-order valence-electron chi connectivity index (χ4n) is 3.91. The van der Waals surface area contributed by atoms with E-state index in [2.05, 4.69) is 4.72 Å². The van der Waals surface area contributed by atoms with Crippen molar-refractivity contribution < 1.29 is 21.6 Å². The van der Waals surface area contributed by atoms with Crippen LogP contribution in [0.25, 0.3) is 0 Å². The van der Waals surface area contributed by atoms with E-state index < -0.39 is 31.2 Å². The van der Waals surface area contributed by atoms with Crippen LogP contribution < -0.4 is 4.72 Å². The van der Waals surface area contributed by atoms with E-state index >= 15 is 0 Å². The smallest absolute Gasteiger partial charge is 0.241 e. The molecule has 7 nitrogen and oxygen atoms in total. The summed E-state index contributed by atoms with van der Waals surface area (Å²) in [6, 6.07) is 13.7. The van der Waals surface area contributed by atoms with Crippen molar-refractivity contribution in [3.63, 3.8) is 0 Å². The zero-order chi connectivity index (χ0) is 23.5. The second-order valence-corrected chi connectivity index (χ2v) is 12.6. The maximum absolute atomic E-state index is 13.3. The molecule has 0 spiro atoms. The molecule has 32 heavy (non-hydrogen) atoms. The van der Waals surface area contributed by atoms with Crippen molar-refractivity contribution >= 4 is 25.8 Å². The predicted molar refractivity (Wildman–Crippen MR) is 123 cm³/mol. The number of benzene rings is 2. The number of amides is 1. The maximum atomic E-state index is 13.3. The zero-order valence-corrected chi connectivity index (χ0v) is 20.2. The minimum atomic E-state index is -3.90. The van der Waals surface area contributed by atoms with E-state index in [9.17, 15) is 21.6 Å². The van der Waals surface area contributed by atoms with Crippen molar-refractivity contribution in [2.24, 2.45) is 5.92 Å². The molecule has 0 aliphatic carbocycles. The van der Waals surface area contributed by atoms with Gasteiger partial charge in [-0.15, -0.1) is 0 Å². The van der Waals surface area contributed by atoms with Crippen molar-refractivity contribution in [1.82, 2.24) is 9.62 Å². The van der Waals surface area contributed by atoms with Crippen LogP contribution in [-0.2, 0) is 24.7 Å². The lowest BCUT2D eigenvalue weighted by atomic mass is 10.0. The van der Waals surface area contributed by atoms with Gasteiger partial charge in [-0.05, 0) is 55.5 Å². The summed E-state index contributed by atoms with van der Waals surface area (Å²) in [5.74, 6) is -0.323. The third-order valence-electron chi connectivity index (χ3n) is 5.57. The average Bonchev–Trinajstić information content (AvgIpc) is 3.24. The van der Waals surface area contributed by atoms with Crippen LogP contribution in [0.3, 0.4) is 0 Å². The average molecular weight is 479 g/mol. The van der Waals surface area contributed by atoms with Crippen LogP contribution in [0, 0.1) is 12.8 Å². The summed E-state index contributed by atoms with van der Waals surface area (Å²) in [6.45, 7) is 5.95. The van der Waals surface area contributed by atoms with Gasteiger partial charge in [-0.2, -0.15) is 4.72 Å². The molecule has 174 valence electrons. The van der Waals surface area contributed by atoms with Crippen LogP contribution in [0.15, 0.2) is 64.4 Å². The molecule has 1 saturated heterocycles. The molecule has 2 unspecified atom stereocenters. The minimum Gasteiger partial charge on any atom is -0.340 e. The molecule has 0 bridgehead atoms. The van der Waals surface area contributed by atoms with Crippen LogP contribution in [0.2, 0.25) is 0 Å². The number of carbonyl (C=O) groups is 1. The Hall–Kier alpha value is -2.23. The van der Waals surface area contributed by atoms with Crippen molar-refractivity contribution in [3.8, 4) is 0 Å². The van der Waals surface area contributed by atoms with E-state index in [0.29, 0.717) is 12.8 Å². The Balaban J connectivity index is 1.78. The molecule has 1 aliphatic rings. The summed E-state index contributed by atoms with van der Waals surface area (Å²) in [4.78, 5) is 15.1. The Kier molecular flexibility index (Phi) is 7.42. The Morgan fingerprint density at radius 2 is 1.69 bits per heavy atom. The van der Waals surface area contributed by atoms with Crippen LogP contribution >= 0.6 is 0 Å². The van der Waals surface area contributed by atoms with Crippen molar-refractivity contribution in [3.05, 3.63) is 60.2 Å². The lowest BCUT2D eigenvalue weighted by Crippen LogP contribution is -2.48. The molecule has 2 aromatic rings. The second kappa shape index (κ2) is 9.72. The first-order valence-electron chi connectivity index (χ1n) is 10.7. The van der Waals surface area contributed by atoms with Crippen molar-refractivity contribution in [2.75, 3.05) is 13.1 Å². The van der Waals surface area contributed by atoms with Gasteiger partial charge in [0.05, 0.1) is 15.0 Å². The van der Waals surface area contributed by atoms with Gasteiger partial charge >= 0.3 is 0 Å². The number of nitrogens with zero attached hydrogens (tertiary/aromatic N) is 1. The number of sulfone groups is 1. The highest BCUT2D eigenvalue weighted by molar-refractivity contribution is 7.92. The quantitative estimate of drug-likeness (QED) is 0.629. The van der Waals surface area contributed by atoms with E-state index in [-0.39, 0.29) is 34.7 Å². The molecule has 0 aromatic heterocycles. The maximum Gasteiger partial charge on any atom is 0.241 e. The molecule has 2 aromatic carbocycles. The summed E-state index contributed by atoms with van der Waals surface area (Å²) in [5.41, 5.74) is 0.799. The highest BCUT2D eigenvalue weighted by Crippen LogP contribution is 2.25. The van der Waals surface area contributed by atoms with E-state index in [1.807, 2.05) is 13.8 Å². The van der Waals surface area contributed by atoms with Gasteiger partial charge in [0, 0.05) is 13.1 Å². The molecule has 1 amide bonds. The number of hydrogen-bond donors (Lipinski definition) is 1. The number of hydrogen-bond acceptors (Lipinski definition) is 5. The molecule has 1 aliphatic heterocycles. The summed E-state index contributed by atoms with van der Waals surface area (Å²) in [7, 11) is -7.47. The predicted octanol–water partition coefficient (Wildman–Crippen LogP) is 2.76. The third-order valence-corrected chi connectivity index (χ3v) is 9.23. The zero-order valence-electron chi connectivity index (χ0n) is 18.6. The molecular formula is C23H30N2O5S2. The van der Waals surface area contributed by atoms with Gasteiger partial charge in [0.2, 0.25) is 15.9 Å². The Morgan fingerprint density at radius 1 is 1.03 bits per heavy atom. The Labute approximate surface area is 190 Å². The van der Waals surface area contributed by atoms with E-state index in [1.165, 1.54) is 11.0 Å². The van der Waals surface area contributed by atoms with Crippen molar-refractivity contribution in [2.45, 2.75) is 54.7 Å². The van der Waals surface area contributed by atoms with E-state index in [0.717, 1.165) is 5.56 Å². The summed E-state index contributed by atoms with van der Waals surface area (Å²) >= 11 is 0. The fourth-order valence-corrected chi connectivity index (χ4v) is 6.93. The third kappa shape index (κ3) is 5.57. The summed E-state index contributed by atoms with van der Waals surface area (Å²) in [5, 5.41) is -0.707. The molecule has 9 heteroatoms. The largest absolute Gasteiger partial charge is 0.340 e. The summed E-state index contributed by atoms with van der Waals surface area (Å²) in [6.07, 6.45) is 0.637. The van der Waals surface area contributed by atoms with Crippen LogP contribution in [0.1, 0.15) is 32.3 Å². The molecule has 3 rings (SSSR count). The first-order valence-corrected chi connectivity index (χ1v) is 13.7.